The topological polar surface area (TPSA) is 111 Å². The van der Waals surface area contributed by atoms with Gasteiger partial charge in [0.25, 0.3) is 0 Å². The van der Waals surface area contributed by atoms with Crippen LogP contribution in [0.25, 0.3) is 16.3 Å². The molecule has 220 valence electrons. The maximum atomic E-state index is 12.0. The molecule has 11 heteroatoms. The molecule has 1 fully saturated rings. The average molecular weight is 589 g/mol. The quantitative estimate of drug-likeness (QED) is 0.183. The van der Waals surface area contributed by atoms with E-state index in [1.807, 2.05) is 34.6 Å². The first-order valence-corrected chi connectivity index (χ1v) is 15.6. The lowest BCUT2D eigenvalue weighted by atomic mass is 10.1. The first-order chi connectivity index (χ1) is 20.6. The third-order valence-corrected chi connectivity index (χ3v) is 8.74. The highest BCUT2D eigenvalue weighted by atomic mass is 32.1. The molecule has 6 rings (SSSR count). The minimum Gasteiger partial charge on any atom is -0.491 e. The smallest absolute Gasteiger partial charge is 0.317 e. The van der Waals surface area contributed by atoms with Gasteiger partial charge in [-0.1, -0.05) is 18.2 Å². The number of aryl methyl sites for hydroxylation is 3. The van der Waals surface area contributed by atoms with E-state index in [4.69, 9.17) is 25.4 Å². The van der Waals surface area contributed by atoms with Crippen molar-refractivity contribution in [2.24, 2.45) is 12.8 Å². The second kappa shape index (κ2) is 12.9. The summed E-state index contributed by atoms with van der Waals surface area (Å²) in [6, 6.07) is 14.4. The molecule has 10 nitrogen and oxygen atoms in total. The minimum absolute atomic E-state index is 0.0438. The van der Waals surface area contributed by atoms with Gasteiger partial charge < -0.3 is 25.4 Å². The zero-order chi connectivity index (χ0) is 28.9. The summed E-state index contributed by atoms with van der Waals surface area (Å²) in [4.78, 5) is 18.8. The van der Waals surface area contributed by atoms with E-state index in [9.17, 15) is 4.79 Å². The highest BCUT2D eigenvalue weighted by Crippen LogP contribution is 2.35. The number of hydrogen-bond donors (Lipinski definition) is 2. The Labute approximate surface area is 250 Å². The first-order valence-electron chi connectivity index (χ1n) is 14.7. The van der Waals surface area contributed by atoms with Crippen LogP contribution in [-0.4, -0.2) is 64.7 Å². The Kier molecular flexibility index (Phi) is 8.66. The maximum Gasteiger partial charge on any atom is 0.317 e. The molecular weight excluding hydrogens is 550 g/mol. The molecule has 2 aliphatic rings. The van der Waals surface area contributed by atoms with E-state index >= 15 is 0 Å². The molecule has 2 aliphatic heterocycles. The lowest BCUT2D eigenvalue weighted by Crippen LogP contribution is -2.33. The number of unbranched alkanes of at least 4 members (excludes halogenated alkanes) is 1. The third-order valence-electron chi connectivity index (χ3n) is 7.82. The van der Waals surface area contributed by atoms with Gasteiger partial charge in [0, 0.05) is 37.4 Å². The Morgan fingerprint density at radius 3 is 2.95 bits per heavy atom. The van der Waals surface area contributed by atoms with Gasteiger partial charge in [-0.05, 0) is 56.0 Å². The van der Waals surface area contributed by atoms with Crippen LogP contribution in [0.5, 0.6) is 11.5 Å². The van der Waals surface area contributed by atoms with Crippen LogP contribution in [0.4, 0.5) is 4.79 Å². The molecule has 42 heavy (non-hydrogen) atoms. The van der Waals surface area contributed by atoms with Gasteiger partial charge in [0.2, 0.25) is 0 Å². The number of nitrogens with one attached hydrogen (secondary N) is 1. The van der Waals surface area contributed by atoms with E-state index in [2.05, 4.69) is 41.2 Å². The molecule has 0 spiro atoms. The number of rotatable bonds is 13. The predicted octanol–water partition coefficient (Wildman–Crippen LogP) is 3.44. The number of hydrogen-bond acceptors (Lipinski definition) is 7. The van der Waals surface area contributed by atoms with Crippen LogP contribution in [0, 0.1) is 0 Å². The molecule has 3 N–H and O–H groups in total. The SMILES string of the molecule is Cn1n[n+](-c2ccc(-c3nc(CCC4Cc5ccccc5O4)cs3)c(OCCN3CCNC3=O)c2)cc1CCCCN. The van der Waals surface area contributed by atoms with E-state index < -0.39 is 0 Å². The van der Waals surface area contributed by atoms with E-state index in [1.54, 1.807) is 16.2 Å². The number of benzene rings is 2. The molecule has 1 saturated heterocycles. The molecule has 0 aliphatic carbocycles. The van der Waals surface area contributed by atoms with Crippen LogP contribution in [-0.2, 0) is 26.3 Å². The number of amides is 2. The van der Waals surface area contributed by atoms with Crippen molar-refractivity contribution in [1.29, 1.82) is 0 Å². The molecule has 1 atom stereocenters. The number of nitrogens with two attached hydrogens (primary N) is 1. The number of fused-ring (bicyclic) bond motifs is 1. The van der Waals surface area contributed by atoms with Crippen molar-refractivity contribution >= 4 is 17.4 Å². The second-order valence-electron chi connectivity index (χ2n) is 10.8. The van der Waals surface area contributed by atoms with Crippen LogP contribution in [0.15, 0.2) is 54.0 Å². The Hall–Kier alpha value is -3.96. The van der Waals surface area contributed by atoms with Crippen LogP contribution in [0.2, 0.25) is 0 Å². The van der Waals surface area contributed by atoms with Crippen LogP contribution in [0.3, 0.4) is 0 Å². The fourth-order valence-electron chi connectivity index (χ4n) is 5.46. The van der Waals surface area contributed by atoms with E-state index in [0.29, 0.717) is 32.8 Å². The fourth-order valence-corrected chi connectivity index (χ4v) is 6.35. The van der Waals surface area contributed by atoms with Crippen molar-refractivity contribution in [2.75, 3.05) is 32.8 Å². The van der Waals surface area contributed by atoms with Crippen LogP contribution >= 0.6 is 11.3 Å². The Morgan fingerprint density at radius 2 is 2.12 bits per heavy atom. The third kappa shape index (κ3) is 6.42. The number of carbonyl (C=O) groups excluding carboxylic acids is 1. The normalized spacial score (nSPS) is 16.0. The van der Waals surface area contributed by atoms with Gasteiger partial charge >= 0.3 is 6.03 Å². The molecule has 2 aromatic heterocycles. The Bertz CT molecular complexity index is 1510. The Morgan fingerprint density at radius 1 is 1.21 bits per heavy atom. The molecule has 0 radical (unpaired) electrons. The van der Waals surface area contributed by atoms with Gasteiger partial charge in [-0.2, -0.15) is 0 Å². The van der Waals surface area contributed by atoms with Crippen molar-refractivity contribution in [2.45, 2.75) is 44.6 Å². The molecule has 0 bridgehead atoms. The standard InChI is InChI=1S/C31H37N7O3S/c1-36-25(7-4-5-13-32)20-38(35-36)24-10-12-27(29(19-24)40-17-16-37-15-14-33-31(37)39)30-34-23(21-42-30)9-11-26-18-22-6-2-3-8-28(22)41-26/h2-3,6,8,10,12,19-21,26H,4-5,7,9,11,13-18,32H2,1H3/p+1. The molecule has 4 heterocycles. The summed E-state index contributed by atoms with van der Waals surface area (Å²) in [7, 11) is 1.97. The van der Waals surface area contributed by atoms with Crippen molar-refractivity contribution in [3.63, 3.8) is 0 Å². The van der Waals surface area contributed by atoms with E-state index in [-0.39, 0.29) is 12.1 Å². The second-order valence-corrected chi connectivity index (χ2v) is 11.7. The summed E-state index contributed by atoms with van der Waals surface area (Å²) in [6.07, 6.45) is 7.91. The van der Waals surface area contributed by atoms with Crippen LogP contribution < -0.4 is 25.2 Å². The molecular formula is C31H38N7O3S+. The Balaban J connectivity index is 1.18. The van der Waals surface area contributed by atoms with Gasteiger partial charge in [-0.15, -0.1) is 20.7 Å². The lowest BCUT2D eigenvalue weighted by molar-refractivity contribution is -0.661. The summed E-state index contributed by atoms with van der Waals surface area (Å²) in [5.74, 6) is 1.73. The summed E-state index contributed by atoms with van der Waals surface area (Å²) < 4.78 is 16.3. The number of thiazole rings is 1. The molecule has 2 aromatic carbocycles. The number of ether oxygens (including phenoxy) is 2. The van der Waals surface area contributed by atoms with Gasteiger partial charge in [0.1, 0.15) is 36.3 Å². The van der Waals surface area contributed by atoms with Crippen LogP contribution in [0.1, 0.15) is 36.2 Å². The van der Waals surface area contributed by atoms with E-state index in [0.717, 1.165) is 77.7 Å². The molecule has 2 amide bonds. The lowest BCUT2D eigenvalue weighted by Gasteiger charge is -2.16. The number of urea groups is 1. The predicted molar refractivity (Wildman–Crippen MR) is 161 cm³/mol. The number of carbonyl (C=O) groups is 1. The highest BCUT2D eigenvalue weighted by molar-refractivity contribution is 7.13. The summed E-state index contributed by atoms with van der Waals surface area (Å²) in [5.41, 5.74) is 11.0. The molecule has 4 aromatic rings. The number of para-hydroxylation sites is 1. The highest BCUT2D eigenvalue weighted by Gasteiger charge is 2.24. The van der Waals surface area contributed by atoms with Crippen molar-refractivity contribution in [3.05, 3.63) is 71.0 Å². The van der Waals surface area contributed by atoms with Gasteiger partial charge in [0.05, 0.1) is 23.0 Å². The average Bonchev–Trinajstić information content (AvgIpc) is 3.80. The van der Waals surface area contributed by atoms with Crippen molar-refractivity contribution in [3.8, 4) is 27.8 Å². The van der Waals surface area contributed by atoms with E-state index in [1.165, 1.54) is 5.56 Å². The number of aromatic nitrogens is 4. The monoisotopic (exact) mass is 588 g/mol. The van der Waals surface area contributed by atoms with Gasteiger partial charge in [-0.3, -0.25) is 0 Å². The van der Waals surface area contributed by atoms with Crippen molar-refractivity contribution < 1.29 is 19.0 Å². The van der Waals surface area contributed by atoms with Gasteiger partial charge in [0.15, 0.2) is 17.6 Å². The summed E-state index contributed by atoms with van der Waals surface area (Å²) in [5, 5.41) is 10.6. The zero-order valence-electron chi connectivity index (χ0n) is 24.0. The zero-order valence-corrected chi connectivity index (χ0v) is 24.8. The minimum atomic E-state index is -0.0438. The number of nitrogens with zero attached hydrogens (tertiary/aromatic N) is 5. The summed E-state index contributed by atoms with van der Waals surface area (Å²) >= 11 is 1.62. The molecule has 1 unspecified atom stereocenters. The maximum absolute atomic E-state index is 12.0. The van der Waals surface area contributed by atoms with Gasteiger partial charge in [-0.25, -0.2) is 9.78 Å². The first kappa shape index (κ1) is 28.2. The van der Waals surface area contributed by atoms with Crippen molar-refractivity contribution in [1.82, 2.24) is 25.1 Å². The largest absolute Gasteiger partial charge is 0.491 e. The summed E-state index contributed by atoms with van der Waals surface area (Å²) in [6.45, 7) is 2.96. The molecule has 0 saturated carbocycles. The fraction of sp³-hybridized carbons (Fsp3) is 0.419.